The Morgan fingerprint density at radius 3 is 2.35 bits per heavy atom. The maximum Gasteiger partial charge on any atom is 0.122 e. The zero-order valence-electron chi connectivity index (χ0n) is 12.6. The third kappa shape index (κ3) is 2.24. The molecule has 23 heavy (non-hydrogen) atoms. The summed E-state index contributed by atoms with van der Waals surface area (Å²) in [4.78, 5) is 15.9. The molecule has 0 saturated heterocycles. The number of hydrogen-bond acceptors (Lipinski definition) is 3. The minimum atomic E-state index is 0.00979. The fourth-order valence-corrected chi connectivity index (χ4v) is 2.71. The van der Waals surface area contributed by atoms with Gasteiger partial charge < -0.3 is 15.7 Å². The van der Waals surface area contributed by atoms with Gasteiger partial charge in [-0.1, -0.05) is 12.1 Å². The van der Waals surface area contributed by atoms with Gasteiger partial charge in [-0.25, -0.2) is 9.97 Å². The number of nitrogens with zero attached hydrogens (tertiary/aromatic N) is 2. The number of benzene rings is 2. The maximum atomic E-state index is 7.53. The van der Waals surface area contributed by atoms with Gasteiger partial charge in [0.05, 0.1) is 28.0 Å². The number of rotatable bonds is 3. The molecule has 0 spiro atoms. The van der Waals surface area contributed by atoms with Crippen molar-refractivity contribution in [2.24, 2.45) is 5.73 Å². The molecule has 0 amide bonds. The molecule has 6 heteroatoms. The first-order valence-electron chi connectivity index (χ1n) is 7.40. The van der Waals surface area contributed by atoms with Gasteiger partial charge in [-0.15, -0.1) is 0 Å². The van der Waals surface area contributed by atoms with Crippen LogP contribution in [-0.2, 0) is 0 Å². The number of aromatic nitrogens is 4. The fraction of sp³-hybridized carbons (Fsp3) is 0.118. The van der Waals surface area contributed by atoms with Crippen LogP contribution in [0.25, 0.3) is 22.1 Å². The standard InChI is InChI=1S/C17H16N6/c1-9(16-20-11-4-2-3-5-12(11)21-16)17-22-13-7-6-10(15(18)19)8-14(13)23-17/h2-9H,1H3,(H3,18,19)(H,20,21)(H,22,23). The Morgan fingerprint density at radius 1 is 1.00 bits per heavy atom. The van der Waals surface area contributed by atoms with E-state index in [1.165, 1.54) is 0 Å². The van der Waals surface area contributed by atoms with E-state index in [2.05, 4.69) is 26.9 Å². The SMILES string of the molecule is CC(c1nc2ccccc2[nH]1)c1nc2ccc(C(=N)N)cc2[nH]1. The van der Waals surface area contributed by atoms with E-state index in [1.54, 1.807) is 6.07 Å². The summed E-state index contributed by atoms with van der Waals surface area (Å²) < 4.78 is 0. The molecule has 2 aromatic heterocycles. The van der Waals surface area contributed by atoms with Crippen LogP contribution in [0.3, 0.4) is 0 Å². The summed E-state index contributed by atoms with van der Waals surface area (Å²) in [6.45, 7) is 2.06. The molecule has 1 atom stereocenters. The van der Waals surface area contributed by atoms with Crippen LogP contribution in [0.2, 0.25) is 0 Å². The molecular formula is C17H16N6. The second kappa shape index (κ2) is 4.95. The van der Waals surface area contributed by atoms with E-state index < -0.39 is 0 Å². The summed E-state index contributed by atoms with van der Waals surface area (Å²) in [6.07, 6.45) is 0. The third-order valence-corrected chi connectivity index (χ3v) is 4.04. The predicted molar refractivity (Wildman–Crippen MR) is 90.7 cm³/mol. The zero-order chi connectivity index (χ0) is 16.0. The molecule has 0 saturated carbocycles. The van der Waals surface area contributed by atoms with Gasteiger partial charge in [0.15, 0.2) is 0 Å². The van der Waals surface area contributed by atoms with Crippen molar-refractivity contribution in [3.63, 3.8) is 0 Å². The zero-order valence-corrected chi connectivity index (χ0v) is 12.6. The molecule has 0 radical (unpaired) electrons. The Kier molecular flexibility index (Phi) is 2.90. The van der Waals surface area contributed by atoms with E-state index in [0.29, 0.717) is 5.56 Å². The monoisotopic (exact) mass is 304 g/mol. The van der Waals surface area contributed by atoms with Crippen LogP contribution in [0.5, 0.6) is 0 Å². The average molecular weight is 304 g/mol. The summed E-state index contributed by atoms with van der Waals surface area (Å²) in [5.41, 5.74) is 9.92. The second-order valence-corrected chi connectivity index (χ2v) is 5.63. The molecule has 0 fully saturated rings. The van der Waals surface area contributed by atoms with Crippen LogP contribution in [0.1, 0.15) is 30.1 Å². The van der Waals surface area contributed by atoms with Crippen molar-refractivity contribution in [3.8, 4) is 0 Å². The lowest BCUT2D eigenvalue weighted by Crippen LogP contribution is -2.10. The highest BCUT2D eigenvalue weighted by Gasteiger charge is 2.17. The maximum absolute atomic E-state index is 7.53. The summed E-state index contributed by atoms with van der Waals surface area (Å²) in [7, 11) is 0. The van der Waals surface area contributed by atoms with Gasteiger partial charge in [0.2, 0.25) is 0 Å². The lowest BCUT2D eigenvalue weighted by Gasteiger charge is -2.03. The van der Waals surface area contributed by atoms with E-state index in [-0.39, 0.29) is 11.8 Å². The molecule has 5 N–H and O–H groups in total. The summed E-state index contributed by atoms with van der Waals surface area (Å²) in [6, 6.07) is 13.5. The summed E-state index contributed by atoms with van der Waals surface area (Å²) >= 11 is 0. The number of para-hydroxylation sites is 2. The molecule has 2 heterocycles. The number of aromatic amines is 2. The molecule has 4 rings (SSSR count). The number of nitrogens with one attached hydrogen (secondary N) is 3. The summed E-state index contributed by atoms with van der Waals surface area (Å²) in [5.74, 6) is 1.76. The minimum absolute atomic E-state index is 0.00979. The first kappa shape index (κ1) is 13.5. The van der Waals surface area contributed by atoms with Crippen molar-refractivity contribution in [1.82, 2.24) is 19.9 Å². The van der Waals surface area contributed by atoms with Crippen molar-refractivity contribution in [2.75, 3.05) is 0 Å². The number of nitrogen functional groups attached to an aromatic ring is 1. The third-order valence-electron chi connectivity index (χ3n) is 4.04. The van der Waals surface area contributed by atoms with Gasteiger partial charge in [-0.2, -0.15) is 0 Å². The number of H-pyrrole nitrogens is 2. The number of fused-ring (bicyclic) bond motifs is 2. The van der Waals surface area contributed by atoms with Gasteiger partial charge >= 0.3 is 0 Å². The van der Waals surface area contributed by atoms with Crippen molar-refractivity contribution in [3.05, 3.63) is 59.7 Å². The number of amidine groups is 1. The molecule has 0 aliphatic heterocycles. The van der Waals surface area contributed by atoms with Crippen molar-refractivity contribution in [2.45, 2.75) is 12.8 Å². The van der Waals surface area contributed by atoms with Crippen LogP contribution in [0.4, 0.5) is 0 Å². The highest BCUT2D eigenvalue weighted by atomic mass is 15.0. The fourth-order valence-electron chi connectivity index (χ4n) is 2.71. The topological polar surface area (TPSA) is 107 Å². The van der Waals surface area contributed by atoms with Crippen LogP contribution in [0.15, 0.2) is 42.5 Å². The van der Waals surface area contributed by atoms with E-state index in [4.69, 9.17) is 11.1 Å². The molecule has 114 valence electrons. The average Bonchev–Trinajstić information content (AvgIpc) is 3.16. The molecule has 4 aromatic rings. The van der Waals surface area contributed by atoms with Crippen molar-refractivity contribution >= 4 is 27.9 Å². The number of nitrogens with two attached hydrogens (primary N) is 1. The Hall–Kier alpha value is -3.15. The quantitative estimate of drug-likeness (QED) is 0.345. The smallest absolute Gasteiger partial charge is 0.122 e. The molecular weight excluding hydrogens is 288 g/mol. The van der Waals surface area contributed by atoms with Gasteiger partial charge in [0.25, 0.3) is 0 Å². The first-order chi connectivity index (χ1) is 11.1. The first-order valence-corrected chi connectivity index (χ1v) is 7.40. The highest BCUT2D eigenvalue weighted by molar-refractivity contribution is 5.97. The molecule has 0 aliphatic rings. The highest BCUT2D eigenvalue weighted by Crippen LogP contribution is 2.24. The van der Waals surface area contributed by atoms with Gasteiger partial charge in [0, 0.05) is 5.56 Å². The van der Waals surface area contributed by atoms with Crippen LogP contribution in [0, 0.1) is 5.41 Å². The number of hydrogen-bond donors (Lipinski definition) is 4. The summed E-state index contributed by atoms with van der Waals surface area (Å²) in [5, 5.41) is 7.53. The van der Waals surface area contributed by atoms with Gasteiger partial charge in [0.1, 0.15) is 17.5 Å². The van der Waals surface area contributed by atoms with Crippen LogP contribution in [-0.4, -0.2) is 25.8 Å². The van der Waals surface area contributed by atoms with E-state index in [1.807, 2.05) is 36.4 Å². The normalized spacial score (nSPS) is 12.7. The predicted octanol–water partition coefficient (Wildman–Crippen LogP) is 2.88. The molecule has 0 bridgehead atoms. The van der Waals surface area contributed by atoms with Crippen LogP contribution < -0.4 is 5.73 Å². The van der Waals surface area contributed by atoms with E-state index in [0.717, 1.165) is 33.7 Å². The van der Waals surface area contributed by atoms with Crippen molar-refractivity contribution in [1.29, 1.82) is 5.41 Å². The lowest BCUT2D eigenvalue weighted by atomic mass is 10.1. The molecule has 0 aliphatic carbocycles. The molecule has 1 unspecified atom stereocenters. The second-order valence-electron chi connectivity index (χ2n) is 5.63. The van der Waals surface area contributed by atoms with E-state index in [9.17, 15) is 0 Å². The van der Waals surface area contributed by atoms with Crippen LogP contribution >= 0.6 is 0 Å². The largest absolute Gasteiger partial charge is 0.384 e. The Bertz CT molecular complexity index is 993. The Labute approximate surface area is 132 Å². The Balaban J connectivity index is 1.76. The molecule has 6 nitrogen and oxygen atoms in total. The van der Waals surface area contributed by atoms with Gasteiger partial charge in [-0.05, 0) is 37.3 Å². The Morgan fingerprint density at radius 2 is 1.65 bits per heavy atom. The lowest BCUT2D eigenvalue weighted by molar-refractivity contribution is 0.790. The van der Waals surface area contributed by atoms with E-state index >= 15 is 0 Å². The van der Waals surface area contributed by atoms with Crippen molar-refractivity contribution < 1.29 is 0 Å². The number of imidazole rings is 2. The molecule has 2 aromatic carbocycles. The van der Waals surface area contributed by atoms with Gasteiger partial charge in [-0.3, -0.25) is 5.41 Å². The minimum Gasteiger partial charge on any atom is -0.384 e.